The molecule has 0 bridgehead atoms. The molecule has 1 atom stereocenters. The number of nitrogens with one attached hydrogen (secondary N) is 3. The number of hydrogen-bond acceptors (Lipinski definition) is 2. The summed E-state index contributed by atoms with van der Waals surface area (Å²) < 4.78 is 13.1. The highest BCUT2D eigenvalue weighted by atomic mass is 19.1. The van der Waals surface area contributed by atoms with E-state index in [0.29, 0.717) is 12.8 Å². The van der Waals surface area contributed by atoms with Crippen molar-refractivity contribution in [2.24, 2.45) is 0 Å². The van der Waals surface area contributed by atoms with E-state index in [1.54, 1.807) is 12.1 Å². The van der Waals surface area contributed by atoms with Crippen LogP contribution in [0.15, 0.2) is 72.9 Å². The van der Waals surface area contributed by atoms with E-state index in [2.05, 4.69) is 15.6 Å². The van der Waals surface area contributed by atoms with Gasteiger partial charge >= 0.3 is 0 Å². The molecule has 2 amide bonds. The SMILES string of the molecule is Cc1cccc(C)c1NC(=O)C(Cc1c[nH]c2ccccc12)NC(=O)CCc1ccc(F)cc1. The van der Waals surface area contributed by atoms with Crippen molar-refractivity contribution in [1.29, 1.82) is 0 Å². The van der Waals surface area contributed by atoms with Gasteiger partial charge in [0.15, 0.2) is 0 Å². The van der Waals surface area contributed by atoms with Gasteiger partial charge in [-0.05, 0) is 60.7 Å². The van der Waals surface area contributed by atoms with Gasteiger partial charge < -0.3 is 15.6 Å². The van der Waals surface area contributed by atoms with E-state index in [-0.39, 0.29) is 24.1 Å². The van der Waals surface area contributed by atoms with Crippen LogP contribution in [0.2, 0.25) is 0 Å². The van der Waals surface area contributed by atoms with Crippen molar-refractivity contribution in [1.82, 2.24) is 10.3 Å². The van der Waals surface area contributed by atoms with Crippen LogP contribution in [-0.2, 0) is 22.4 Å². The van der Waals surface area contributed by atoms with Crippen molar-refractivity contribution in [3.63, 3.8) is 0 Å². The predicted octanol–water partition coefficient (Wildman–Crippen LogP) is 5.22. The molecule has 5 nitrogen and oxygen atoms in total. The van der Waals surface area contributed by atoms with Gasteiger partial charge in [-0.2, -0.15) is 0 Å². The fourth-order valence-electron chi connectivity index (χ4n) is 4.13. The fourth-order valence-corrected chi connectivity index (χ4v) is 4.13. The summed E-state index contributed by atoms with van der Waals surface area (Å²) in [5.74, 6) is -0.807. The molecule has 34 heavy (non-hydrogen) atoms. The average molecular weight is 458 g/mol. The number of para-hydroxylation sites is 2. The van der Waals surface area contributed by atoms with Crippen LogP contribution in [0.4, 0.5) is 10.1 Å². The largest absolute Gasteiger partial charge is 0.361 e. The minimum atomic E-state index is -0.751. The number of aromatic amines is 1. The van der Waals surface area contributed by atoms with E-state index >= 15 is 0 Å². The van der Waals surface area contributed by atoms with E-state index < -0.39 is 6.04 Å². The standard InChI is InChI=1S/C28H28FN3O2/c1-18-6-5-7-19(2)27(18)32-28(34)25(16-21-17-30-24-9-4-3-8-23(21)24)31-26(33)15-12-20-10-13-22(29)14-11-20/h3-11,13-14,17,25,30H,12,15-16H2,1-2H3,(H,31,33)(H,32,34). The van der Waals surface area contributed by atoms with Gasteiger partial charge in [0, 0.05) is 35.6 Å². The Kier molecular flexibility index (Phi) is 7.07. The van der Waals surface area contributed by atoms with E-state index in [4.69, 9.17) is 0 Å². The Morgan fingerprint density at radius 1 is 0.941 bits per heavy atom. The van der Waals surface area contributed by atoms with Crippen LogP contribution in [0, 0.1) is 19.7 Å². The van der Waals surface area contributed by atoms with Crippen molar-refractivity contribution < 1.29 is 14.0 Å². The van der Waals surface area contributed by atoms with E-state index in [1.807, 2.05) is 62.5 Å². The highest BCUT2D eigenvalue weighted by Gasteiger charge is 2.23. The average Bonchev–Trinajstić information content (AvgIpc) is 3.23. The molecule has 0 saturated carbocycles. The summed E-state index contributed by atoms with van der Waals surface area (Å²) in [7, 11) is 0. The molecule has 1 aromatic heterocycles. The van der Waals surface area contributed by atoms with Crippen LogP contribution in [0.5, 0.6) is 0 Å². The Labute approximate surface area is 198 Å². The van der Waals surface area contributed by atoms with Crippen LogP contribution >= 0.6 is 0 Å². The molecule has 4 rings (SSSR count). The summed E-state index contributed by atoms with van der Waals surface area (Å²) in [5.41, 5.74) is 5.48. The maximum Gasteiger partial charge on any atom is 0.247 e. The third kappa shape index (κ3) is 5.52. The van der Waals surface area contributed by atoms with Crippen LogP contribution in [0.1, 0.15) is 28.7 Å². The fraction of sp³-hybridized carbons (Fsp3) is 0.214. The number of carbonyl (C=O) groups is 2. The number of halogens is 1. The molecule has 1 unspecified atom stereocenters. The molecule has 3 aromatic carbocycles. The quantitative estimate of drug-likeness (QED) is 0.339. The number of hydrogen-bond donors (Lipinski definition) is 3. The molecule has 0 aliphatic rings. The van der Waals surface area contributed by atoms with E-state index in [1.165, 1.54) is 12.1 Å². The zero-order valence-electron chi connectivity index (χ0n) is 19.3. The minimum absolute atomic E-state index is 0.201. The maximum absolute atomic E-state index is 13.3. The Morgan fingerprint density at radius 3 is 2.38 bits per heavy atom. The third-order valence-corrected chi connectivity index (χ3v) is 6.03. The van der Waals surface area contributed by atoms with Gasteiger partial charge in [0.25, 0.3) is 0 Å². The smallest absolute Gasteiger partial charge is 0.247 e. The number of amides is 2. The molecule has 6 heteroatoms. The van der Waals surface area contributed by atoms with Gasteiger partial charge in [-0.3, -0.25) is 9.59 Å². The monoisotopic (exact) mass is 457 g/mol. The Hall–Kier alpha value is -3.93. The second-order valence-electron chi connectivity index (χ2n) is 8.57. The lowest BCUT2D eigenvalue weighted by Crippen LogP contribution is -2.45. The summed E-state index contributed by atoms with van der Waals surface area (Å²) in [5, 5.41) is 6.96. The first kappa shape index (κ1) is 23.2. The number of H-pyrrole nitrogens is 1. The summed E-state index contributed by atoms with van der Waals surface area (Å²) >= 11 is 0. The molecule has 0 aliphatic carbocycles. The topological polar surface area (TPSA) is 74.0 Å². The van der Waals surface area contributed by atoms with Crippen molar-refractivity contribution in [2.45, 2.75) is 39.2 Å². The predicted molar refractivity (Wildman–Crippen MR) is 133 cm³/mol. The van der Waals surface area contributed by atoms with E-state index in [0.717, 1.165) is 38.8 Å². The molecule has 3 N–H and O–H groups in total. The molecule has 0 radical (unpaired) electrons. The second-order valence-corrected chi connectivity index (χ2v) is 8.57. The van der Waals surface area contributed by atoms with Crippen molar-refractivity contribution >= 4 is 28.4 Å². The van der Waals surface area contributed by atoms with Gasteiger partial charge in [0.05, 0.1) is 0 Å². The number of fused-ring (bicyclic) bond motifs is 1. The van der Waals surface area contributed by atoms with Gasteiger partial charge in [-0.15, -0.1) is 0 Å². The van der Waals surface area contributed by atoms with Crippen LogP contribution < -0.4 is 10.6 Å². The van der Waals surface area contributed by atoms with Crippen molar-refractivity contribution in [3.8, 4) is 0 Å². The zero-order valence-corrected chi connectivity index (χ0v) is 19.3. The molecule has 4 aromatic rings. The van der Waals surface area contributed by atoms with E-state index in [9.17, 15) is 14.0 Å². The molecule has 1 heterocycles. The summed E-state index contributed by atoms with van der Waals surface area (Å²) in [4.78, 5) is 29.4. The molecular formula is C28H28FN3O2. The minimum Gasteiger partial charge on any atom is -0.361 e. The molecular weight excluding hydrogens is 429 g/mol. The third-order valence-electron chi connectivity index (χ3n) is 6.03. The lowest BCUT2D eigenvalue weighted by Gasteiger charge is -2.20. The van der Waals surface area contributed by atoms with Crippen LogP contribution in [0.25, 0.3) is 10.9 Å². The number of benzene rings is 3. The molecule has 174 valence electrons. The molecule has 0 spiro atoms. The number of aromatic nitrogens is 1. The number of rotatable bonds is 8. The lowest BCUT2D eigenvalue weighted by atomic mass is 10.0. The maximum atomic E-state index is 13.3. The highest BCUT2D eigenvalue weighted by Crippen LogP contribution is 2.22. The highest BCUT2D eigenvalue weighted by molar-refractivity contribution is 5.99. The first-order valence-electron chi connectivity index (χ1n) is 11.4. The van der Waals surface area contributed by atoms with Crippen molar-refractivity contribution in [3.05, 3.63) is 101 Å². The Bertz CT molecular complexity index is 1290. The Balaban J connectivity index is 1.52. The van der Waals surface area contributed by atoms with Crippen LogP contribution in [-0.4, -0.2) is 22.8 Å². The number of anilines is 1. The Morgan fingerprint density at radius 2 is 1.65 bits per heavy atom. The normalized spacial score (nSPS) is 11.9. The first-order valence-corrected chi connectivity index (χ1v) is 11.4. The zero-order chi connectivity index (χ0) is 24.1. The first-order chi connectivity index (χ1) is 16.4. The van der Waals surface area contributed by atoms with Crippen molar-refractivity contribution in [2.75, 3.05) is 5.32 Å². The molecule has 0 fully saturated rings. The summed E-state index contributed by atoms with van der Waals surface area (Å²) in [6, 6.07) is 19.0. The molecule has 0 saturated heterocycles. The number of aryl methyl sites for hydroxylation is 3. The summed E-state index contributed by atoms with van der Waals surface area (Å²) in [6.45, 7) is 3.89. The van der Waals surface area contributed by atoms with Gasteiger partial charge in [-0.25, -0.2) is 4.39 Å². The number of carbonyl (C=O) groups excluding carboxylic acids is 2. The lowest BCUT2D eigenvalue weighted by molar-refractivity contribution is -0.126. The summed E-state index contributed by atoms with van der Waals surface area (Å²) in [6.07, 6.45) is 2.90. The van der Waals surface area contributed by atoms with Gasteiger partial charge in [-0.1, -0.05) is 48.5 Å². The van der Waals surface area contributed by atoms with Crippen LogP contribution in [0.3, 0.4) is 0 Å². The molecule has 0 aliphatic heterocycles. The van der Waals surface area contributed by atoms with Gasteiger partial charge in [0.2, 0.25) is 11.8 Å². The van der Waals surface area contributed by atoms with Gasteiger partial charge in [0.1, 0.15) is 11.9 Å². The second kappa shape index (κ2) is 10.3.